The van der Waals surface area contributed by atoms with Gasteiger partial charge in [0.1, 0.15) is 5.82 Å². The molecule has 0 unspecified atom stereocenters. The van der Waals surface area contributed by atoms with Crippen molar-refractivity contribution in [2.24, 2.45) is 5.73 Å². The Hall–Kier alpha value is -3.22. The zero-order valence-electron chi connectivity index (χ0n) is 20.1. The van der Waals surface area contributed by atoms with E-state index in [-0.39, 0.29) is 11.9 Å². The molecule has 0 aliphatic carbocycles. The van der Waals surface area contributed by atoms with Gasteiger partial charge in [0, 0.05) is 31.7 Å². The first-order valence-electron chi connectivity index (χ1n) is 11.9. The van der Waals surface area contributed by atoms with E-state index < -0.39 is 0 Å². The first-order chi connectivity index (χ1) is 16.4. The van der Waals surface area contributed by atoms with Crippen molar-refractivity contribution >= 4 is 17.0 Å². The van der Waals surface area contributed by atoms with E-state index in [1.54, 1.807) is 0 Å². The van der Waals surface area contributed by atoms with E-state index in [1.807, 2.05) is 44.2 Å². The van der Waals surface area contributed by atoms with Gasteiger partial charge < -0.3 is 20.5 Å². The summed E-state index contributed by atoms with van der Waals surface area (Å²) in [5, 5.41) is 3.43. The van der Waals surface area contributed by atoms with Crippen molar-refractivity contribution in [2.75, 3.05) is 31.1 Å². The number of halogens is 1. The van der Waals surface area contributed by atoms with Crippen LogP contribution >= 0.6 is 0 Å². The van der Waals surface area contributed by atoms with Gasteiger partial charge in [0.05, 0.1) is 23.6 Å². The molecule has 1 saturated heterocycles. The fraction of sp³-hybridized carbons (Fsp3) is 0.321. The van der Waals surface area contributed by atoms with Gasteiger partial charge in [0.2, 0.25) is 5.95 Å². The Bertz CT molecular complexity index is 1300. The van der Waals surface area contributed by atoms with E-state index in [0.29, 0.717) is 17.7 Å². The van der Waals surface area contributed by atoms with Gasteiger partial charge >= 0.3 is 0 Å². The Morgan fingerprint density at radius 2 is 1.68 bits per heavy atom. The number of rotatable bonds is 5. The SMILES string of the molecule is Cc1cc([C@@H](N)c2ccccc2)c2nc(N3CCNCC3)n(Cc3cc(C)c(F)c(C)c3)c2c1. The molecule has 5 rings (SSSR count). The van der Waals surface area contributed by atoms with Crippen molar-refractivity contribution in [3.8, 4) is 0 Å². The Morgan fingerprint density at radius 1 is 1.00 bits per heavy atom. The summed E-state index contributed by atoms with van der Waals surface area (Å²) in [6.45, 7) is 10.0. The van der Waals surface area contributed by atoms with Crippen LogP contribution in [-0.2, 0) is 6.54 Å². The molecule has 1 aliphatic rings. The summed E-state index contributed by atoms with van der Waals surface area (Å²) in [5.74, 6) is 0.816. The monoisotopic (exact) mass is 457 g/mol. The van der Waals surface area contributed by atoms with Gasteiger partial charge in [-0.1, -0.05) is 48.5 Å². The summed E-state index contributed by atoms with van der Waals surface area (Å²) in [6, 6.07) is 18.2. The predicted octanol–water partition coefficient (Wildman–Crippen LogP) is 4.61. The summed E-state index contributed by atoms with van der Waals surface area (Å²) in [6.07, 6.45) is 0. The van der Waals surface area contributed by atoms with Crippen LogP contribution in [-0.4, -0.2) is 35.7 Å². The van der Waals surface area contributed by atoms with Crippen LogP contribution in [0.5, 0.6) is 0 Å². The average molecular weight is 458 g/mol. The van der Waals surface area contributed by atoms with Crippen LogP contribution in [0.1, 0.15) is 39.4 Å². The Balaban J connectivity index is 1.68. The van der Waals surface area contributed by atoms with Crippen LogP contribution in [0.4, 0.5) is 10.3 Å². The minimum Gasteiger partial charge on any atom is -0.340 e. The van der Waals surface area contributed by atoms with E-state index in [0.717, 1.165) is 65.4 Å². The maximum Gasteiger partial charge on any atom is 0.206 e. The molecule has 0 radical (unpaired) electrons. The number of imidazole rings is 1. The van der Waals surface area contributed by atoms with Gasteiger partial charge in [-0.3, -0.25) is 0 Å². The van der Waals surface area contributed by atoms with Crippen LogP contribution in [0.15, 0.2) is 54.6 Å². The highest BCUT2D eigenvalue weighted by Gasteiger charge is 2.23. The van der Waals surface area contributed by atoms with Gasteiger partial charge in [-0.25, -0.2) is 9.37 Å². The lowest BCUT2D eigenvalue weighted by Crippen LogP contribution is -2.44. The fourth-order valence-electron chi connectivity index (χ4n) is 5.03. The highest BCUT2D eigenvalue weighted by molar-refractivity contribution is 5.84. The quantitative estimate of drug-likeness (QED) is 0.460. The molecule has 0 spiro atoms. The highest BCUT2D eigenvalue weighted by Crippen LogP contribution is 2.33. The molecule has 4 aromatic rings. The molecule has 0 saturated carbocycles. The number of hydrogen-bond donors (Lipinski definition) is 2. The minimum atomic E-state index is -0.266. The highest BCUT2D eigenvalue weighted by atomic mass is 19.1. The van der Waals surface area contributed by atoms with E-state index >= 15 is 0 Å². The first-order valence-corrected chi connectivity index (χ1v) is 11.9. The summed E-state index contributed by atoms with van der Waals surface area (Å²) < 4.78 is 16.6. The third-order valence-electron chi connectivity index (χ3n) is 6.74. The third kappa shape index (κ3) is 4.19. The molecule has 1 fully saturated rings. The van der Waals surface area contributed by atoms with Crippen molar-refractivity contribution in [2.45, 2.75) is 33.4 Å². The Morgan fingerprint density at radius 3 is 2.35 bits per heavy atom. The van der Waals surface area contributed by atoms with E-state index in [9.17, 15) is 4.39 Å². The predicted molar refractivity (Wildman–Crippen MR) is 137 cm³/mol. The smallest absolute Gasteiger partial charge is 0.206 e. The molecule has 3 N–H and O–H groups in total. The van der Waals surface area contributed by atoms with E-state index in [1.165, 1.54) is 0 Å². The lowest BCUT2D eigenvalue weighted by molar-refractivity contribution is 0.571. The number of aryl methyl sites for hydroxylation is 3. The first kappa shape index (κ1) is 22.6. The molecule has 0 bridgehead atoms. The molecule has 2 heterocycles. The summed E-state index contributed by atoms with van der Waals surface area (Å²) in [5.41, 5.74) is 14.4. The van der Waals surface area contributed by atoms with Crippen LogP contribution in [0.2, 0.25) is 0 Å². The summed E-state index contributed by atoms with van der Waals surface area (Å²) in [4.78, 5) is 7.53. The van der Waals surface area contributed by atoms with Gasteiger partial charge in [-0.15, -0.1) is 0 Å². The lowest BCUT2D eigenvalue weighted by Gasteiger charge is -2.29. The molecule has 1 aromatic heterocycles. The van der Waals surface area contributed by atoms with E-state index in [2.05, 4.69) is 46.0 Å². The normalized spacial score (nSPS) is 15.1. The molecule has 0 amide bonds. The number of anilines is 1. The number of nitrogens with zero attached hydrogens (tertiary/aromatic N) is 3. The zero-order valence-corrected chi connectivity index (χ0v) is 20.1. The topological polar surface area (TPSA) is 59.1 Å². The van der Waals surface area contributed by atoms with Gasteiger partial charge in [-0.05, 0) is 54.7 Å². The molecule has 6 heteroatoms. The van der Waals surface area contributed by atoms with Crippen molar-refractivity contribution in [3.63, 3.8) is 0 Å². The minimum absolute atomic E-state index is 0.131. The molecule has 1 aliphatic heterocycles. The number of aromatic nitrogens is 2. The molecule has 3 aromatic carbocycles. The molecule has 34 heavy (non-hydrogen) atoms. The van der Waals surface area contributed by atoms with Crippen molar-refractivity contribution in [1.29, 1.82) is 0 Å². The van der Waals surface area contributed by atoms with Crippen molar-refractivity contribution in [3.05, 3.63) is 93.8 Å². The lowest BCUT2D eigenvalue weighted by atomic mass is 9.97. The van der Waals surface area contributed by atoms with Crippen LogP contribution < -0.4 is 16.0 Å². The molecule has 5 nitrogen and oxygen atoms in total. The number of nitrogens with two attached hydrogens (primary N) is 1. The number of piperazine rings is 1. The van der Waals surface area contributed by atoms with Gasteiger partial charge in [-0.2, -0.15) is 0 Å². The van der Waals surface area contributed by atoms with Crippen LogP contribution in [0.3, 0.4) is 0 Å². The Labute approximate surface area is 200 Å². The average Bonchev–Trinajstić information content (AvgIpc) is 3.20. The second-order valence-corrected chi connectivity index (χ2v) is 9.39. The molecular formula is C28H32FN5. The second-order valence-electron chi connectivity index (χ2n) is 9.39. The number of fused-ring (bicyclic) bond motifs is 1. The largest absolute Gasteiger partial charge is 0.340 e. The maximum absolute atomic E-state index is 14.3. The van der Waals surface area contributed by atoms with Crippen molar-refractivity contribution < 1.29 is 4.39 Å². The number of nitrogens with one attached hydrogen (secondary N) is 1. The molecule has 1 atom stereocenters. The van der Waals surface area contributed by atoms with Crippen LogP contribution in [0.25, 0.3) is 11.0 Å². The van der Waals surface area contributed by atoms with Gasteiger partial charge in [0.25, 0.3) is 0 Å². The van der Waals surface area contributed by atoms with Crippen LogP contribution in [0, 0.1) is 26.6 Å². The van der Waals surface area contributed by atoms with Crippen molar-refractivity contribution in [1.82, 2.24) is 14.9 Å². The van der Waals surface area contributed by atoms with Gasteiger partial charge in [0.15, 0.2) is 0 Å². The summed E-state index contributed by atoms with van der Waals surface area (Å²) >= 11 is 0. The molecular weight excluding hydrogens is 425 g/mol. The maximum atomic E-state index is 14.3. The third-order valence-corrected chi connectivity index (χ3v) is 6.74. The fourth-order valence-corrected chi connectivity index (χ4v) is 5.03. The second kappa shape index (κ2) is 9.20. The standard InChI is InChI=1S/C28H32FN5/c1-18-13-23(26(30)22-7-5-4-6-8-22)27-24(14-18)34(28(32-27)33-11-9-31-10-12-33)17-21-15-19(2)25(29)20(3)16-21/h4-8,13-16,26,31H,9-12,17,30H2,1-3H3/t26-/m0/s1. The van der Waals surface area contributed by atoms with E-state index in [4.69, 9.17) is 10.7 Å². The number of benzene rings is 3. The zero-order chi connectivity index (χ0) is 23.8. The summed E-state index contributed by atoms with van der Waals surface area (Å²) in [7, 11) is 0. The Kier molecular flexibility index (Phi) is 6.11. The number of hydrogen-bond acceptors (Lipinski definition) is 4. The molecule has 176 valence electrons.